The maximum Gasteiger partial charge on any atom is 0.355 e. The number of thiazole rings is 1. The van der Waals surface area contributed by atoms with Crippen LogP contribution >= 0.6 is 11.3 Å². The second kappa shape index (κ2) is 6.73. The van der Waals surface area contributed by atoms with Crippen LogP contribution in [-0.4, -0.2) is 22.0 Å². The summed E-state index contributed by atoms with van der Waals surface area (Å²) in [6.07, 6.45) is 4.15. The van der Waals surface area contributed by atoms with E-state index in [9.17, 15) is 9.59 Å². The van der Waals surface area contributed by atoms with Crippen molar-refractivity contribution in [1.82, 2.24) is 10.3 Å². The van der Waals surface area contributed by atoms with Crippen molar-refractivity contribution in [3.05, 3.63) is 40.9 Å². The Morgan fingerprint density at radius 3 is 2.75 bits per heavy atom. The minimum absolute atomic E-state index is 0.0582. The molecule has 1 aliphatic rings. The van der Waals surface area contributed by atoms with E-state index in [1.165, 1.54) is 16.7 Å². The van der Waals surface area contributed by atoms with E-state index in [0.717, 1.165) is 36.8 Å². The highest BCUT2D eigenvalue weighted by molar-refractivity contribution is 7.13. The molecule has 3 rings (SSSR count). The molecule has 5 nitrogen and oxygen atoms in total. The largest absolute Gasteiger partial charge is 0.476 e. The van der Waals surface area contributed by atoms with Gasteiger partial charge in [0.05, 0.1) is 0 Å². The van der Waals surface area contributed by atoms with Gasteiger partial charge in [-0.15, -0.1) is 11.3 Å². The smallest absolute Gasteiger partial charge is 0.355 e. The van der Waals surface area contributed by atoms with Crippen molar-refractivity contribution in [3.63, 3.8) is 0 Å². The molecule has 6 heteroatoms. The highest BCUT2D eigenvalue weighted by Crippen LogP contribution is 2.37. The van der Waals surface area contributed by atoms with Crippen molar-refractivity contribution in [3.8, 4) is 10.6 Å². The predicted octanol–water partition coefficient (Wildman–Crippen LogP) is 3.70. The van der Waals surface area contributed by atoms with Crippen molar-refractivity contribution in [2.24, 2.45) is 5.41 Å². The lowest BCUT2D eigenvalue weighted by Crippen LogP contribution is -2.36. The third-order valence-corrected chi connectivity index (χ3v) is 5.50. The summed E-state index contributed by atoms with van der Waals surface area (Å²) >= 11 is 1.30. The molecule has 2 N–H and O–H groups in total. The molecule has 1 aromatic heterocycles. The molecular formula is C18H20N2O3S. The van der Waals surface area contributed by atoms with Gasteiger partial charge in [-0.1, -0.05) is 38.0 Å². The molecule has 1 fully saturated rings. The van der Waals surface area contributed by atoms with Crippen LogP contribution in [-0.2, 0) is 11.3 Å². The van der Waals surface area contributed by atoms with Gasteiger partial charge in [-0.25, -0.2) is 9.78 Å². The second-order valence-corrected chi connectivity index (χ2v) is 7.35. The molecule has 1 amide bonds. The van der Waals surface area contributed by atoms with E-state index in [4.69, 9.17) is 5.11 Å². The molecule has 1 saturated carbocycles. The lowest BCUT2D eigenvalue weighted by molar-refractivity contribution is -0.130. The number of rotatable bonds is 5. The van der Waals surface area contributed by atoms with Crippen LogP contribution in [0.3, 0.4) is 0 Å². The topological polar surface area (TPSA) is 79.3 Å². The summed E-state index contributed by atoms with van der Waals surface area (Å²) in [5.74, 6) is -0.904. The van der Waals surface area contributed by atoms with E-state index in [1.54, 1.807) is 0 Å². The second-order valence-electron chi connectivity index (χ2n) is 6.49. The molecule has 0 bridgehead atoms. The summed E-state index contributed by atoms with van der Waals surface area (Å²) in [6, 6.07) is 7.69. The number of carboxylic acid groups (broad SMARTS) is 1. The third kappa shape index (κ3) is 3.48. The summed E-state index contributed by atoms with van der Waals surface area (Å²) in [5, 5.41) is 14.2. The van der Waals surface area contributed by atoms with Crippen LogP contribution in [0.1, 0.15) is 48.7 Å². The van der Waals surface area contributed by atoms with Crippen LogP contribution in [0.5, 0.6) is 0 Å². The van der Waals surface area contributed by atoms with E-state index in [-0.39, 0.29) is 17.0 Å². The Balaban J connectivity index is 1.69. The van der Waals surface area contributed by atoms with Gasteiger partial charge >= 0.3 is 5.97 Å². The van der Waals surface area contributed by atoms with E-state index < -0.39 is 5.97 Å². The molecule has 126 valence electrons. The SMILES string of the molecule is CC1(C(=O)NCc2cccc(-c3nc(C(=O)O)cs3)c2)CCCC1. The fraction of sp³-hybridized carbons (Fsp3) is 0.389. The fourth-order valence-electron chi connectivity index (χ4n) is 3.10. The normalized spacial score (nSPS) is 16.0. The average molecular weight is 344 g/mol. The van der Waals surface area contributed by atoms with Crippen molar-refractivity contribution >= 4 is 23.2 Å². The average Bonchev–Trinajstić information content (AvgIpc) is 3.23. The Kier molecular flexibility index (Phi) is 4.66. The van der Waals surface area contributed by atoms with Crippen molar-refractivity contribution in [1.29, 1.82) is 0 Å². The van der Waals surface area contributed by atoms with E-state index in [0.29, 0.717) is 11.6 Å². The number of nitrogens with one attached hydrogen (secondary N) is 1. The maximum atomic E-state index is 12.4. The highest BCUT2D eigenvalue weighted by atomic mass is 32.1. The summed E-state index contributed by atoms with van der Waals surface area (Å²) in [5.41, 5.74) is 1.67. The van der Waals surface area contributed by atoms with Gasteiger partial charge in [0.2, 0.25) is 5.91 Å². The number of carbonyl (C=O) groups is 2. The van der Waals surface area contributed by atoms with Crippen molar-refractivity contribution in [2.75, 3.05) is 0 Å². The molecule has 0 spiro atoms. The standard InChI is InChI=1S/C18H20N2O3S/c1-18(7-2-3-8-18)17(23)19-10-12-5-4-6-13(9-12)15-20-14(11-24-15)16(21)22/h4-6,9,11H,2-3,7-8,10H2,1H3,(H,19,23)(H,21,22). The summed E-state index contributed by atoms with van der Waals surface area (Å²) in [7, 11) is 0. The molecule has 0 radical (unpaired) electrons. The van der Waals surface area contributed by atoms with Gasteiger partial charge in [0.15, 0.2) is 5.69 Å². The molecular weight excluding hydrogens is 324 g/mol. The zero-order chi connectivity index (χ0) is 17.2. The van der Waals surface area contributed by atoms with Gasteiger partial charge in [-0.2, -0.15) is 0 Å². The molecule has 0 atom stereocenters. The van der Waals surface area contributed by atoms with Gasteiger partial charge < -0.3 is 10.4 Å². The summed E-state index contributed by atoms with van der Waals surface area (Å²) < 4.78 is 0. The van der Waals surface area contributed by atoms with E-state index in [2.05, 4.69) is 10.3 Å². The van der Waals surface area contributed by atoms with E-state index in [1.807, 2.05) is 31.2 Å². The summed E-state index contributed by atoms with van der Waals surface area (Å²) in [6.45, 7) is 2.51. The van der Waals surface area contributed by atoms with E-state index >= 15 is 0 Å². The van der Waals surface area contributed by atoms with Gasteiger partial charge in [0.1, 0.15) is 5.01 Å². The number of hydrogen-bond donors (Lipinski definition) is 2. The number of hydrogen-bond acceptors (Lipinski definition) is 4. The predicted molar refractivity (Wildman–Crippen MR) is 92.9 cm³/mol. The first-order valence-corrected chi connectivity index (χ1v) is 8.92. The number of nitrogens with zero attached hydrogens (tertiary/aromatic N) is 1. The molecule has 1 aliphatic carbocycles. The number of aromatic nitrogens is 1. The maximum absolute atomic E-state index is 12.4. The molecule has 1 aromatic carbocycles. The quantitative estimate of drug-likeness (QED) is 0.867. The highest BCUT2D eigenvalue weighted by Gasteiger charge is 2.35. The Morgan fingerprint density at radius 2 is 2.08 bits per heavy atom. The Labute approximate surface area is 144 Å². The van der Waals surface area contributed by atoms with Crippen molar-refractivity contribution < 1.29 is 14.7 Å². The van der Waals surface area contributed by atoms with Crippen LogP contribution in [0, 0.1) is 5.41 Å². The van der Waals surface area contributed by atoms with Gasteiger partial charge in [-0.3, -0.25) is 4.79 Å². The molecule has 0 unspecified atom stereocenters. The minimum Gasteiger partial charge on any atom is -0.476 e. The lowest BCUT2D eigenvalue weighted by atomic mass is 9.88. The van der Waals surface area contributed by atoms with Crippen LogP contribution in [0.15, 0.2) is 29.6 Å². The molecule has 2 aromatic rings. The first-order valence-electron chi connectivity index (χ1n) is 8.04. The zero-order valence-electron chi connectivity index (χ0n) is 13.5. The van der Waals surface area contributed by atoms with Crippen LogP contribution in [0.25, 0.3) is 10.6 Å². The number of aromatic carboxylic acids is 1. The zero-order valence-corrected chi connectivity index (χ0v) is 14.4. The van der Waals surface area contributed by atoms with Crippen LogP contribution in [0.4, 0.5) is 0 Å². The van der Waals surface area contributed by atoms with Gasteiger partial charge in [-0.05, 0) is 24.5 Å². The molecule has 0 aliphatic heterocycles. The Hall–Kier alpha value is -2.21. The number of amides is 1. The minimum atomic E-state index is -1.02. The van der Waals surface area contributed by atoms with Crippen molar-refractivity contribution in [2.45, 2.75) is 39.2 Å². The third-order valence-electron chi connectivity index (χ3n) is 4.61. The Morgan fingerprint density at radius 1 is 1.33 bits per heavy atom. The van der Waals surface area contributed by atoms with Crippen LogP contribution < -0.4 is 5.32 Å². The van der Waals surface area contributed by atoms with Gasteiger partial charge in [0, 0.05) is 22.9 Å². The number of carbonyl (C=O) groups excluding carboxylic acids is 1. The molecule has 0 saturated heterocycles. The first-order chi connectivity index (χ1) is 11.5. The van der Waals surface area contributed by atoms with Crippen LogP contribution in [0.2, 0.25) is 0 Å². The first kappa shape index (κ1) is 16.6. The lowest BCUT2D eigenvalue weighted by Gasteiger charge is -2.22. The monoisotopic (exact) mass is 344 g/mol. The van der Waals surface area contributed by atoms with Gasteiger partial charge in [0.25, 0.3) is 0 Å². The number of benzene rings is 1. The number of carboxylic acids is 1. The Bertz CT molecular complexity index is 763. The molecule has 24 heavy (non-hydrogen) atoms. The fourth-order valence-corrected chi connectivity index (χ4v) is 3.89. The molecule has 1 heterocycles. The summed E-state index contributed by atoms with van der Waals surface area (Å²) in [4.78, 5) is 27.5.